The van der Waals surface area contributed by atoms with E-state index < -0.39 is 54.3 Å². The molecule has 1 aromatic rings. The maximum atomic E-state index is 13.2. The van der Waals surface area contributed by atoms with E-state index in [-0.39, 0.29) is 18.1 Å². The molecular formula is C24H35N5O8. The molecule has 1 fully saturated rings. The SMILES string of the molecule is NCCCCC(N)C(=O)N1CCCC1C(=O)NC(Cc1ccc(O)cc1)C(=O)NC(CC(=O)O)C(=O)O. The van der Waals surface area contributed by atoms with Gasteiger partial charge in [0.2, 0.25) is 17.7 Å². The van der Waals surface area contributed by atoms with Gasteiger partial charge in [0.15, 0.2) is 0 Å². The van der Waals surface area contributed by atoms with Gasteiger partial charge in [0, 0.05) is 13.0 Å². The average molecular weight is 522 g/mol. The summed E-state index contributed by atoms with van der Waals surface area (Å²) in [6, 6.07) is 1.20. The zero-order valence-corrected chi connectivity index (χ0v) is 20.5. The Morgan fingerprint density at radius 1 is 1.03 bits per heavy atom. The van der Waals surface area contributed by atoms with Crippen molar-refractivity contribution in [2.45, 2.75) is 69.1 Å². The molecular weight excluding hydrogens is 486 g/mol. The Morgan fingerprint density at radius 3 is 2.30 bits per heavy atom. The Morgan fingerprint density at radius 2 is 1.70 bits per heavy atom. The molecule has 0 radical (unpaired) electrons. The van der Waals surface area contributed by atoms with Crippen molar-refractivity contribution in [3.63, 3.8) is 0 Å². The van der Waals surface area contributed by atoms with E-state index in [0.29, 0.717) is 44.3 Å². The molecule has 0 saturated carbocycles. The number of rotatable bonds is 14. The first-order valence-corrected chi connectivity index (χ1v) is 12.1. The van der Waals surface area contributed by atoms with Crippen LogP contribution in [0.5, 0.6) is 5.75 Å². The maximum Gasteiger partial charge on any atom is 0.326 e. The first kappa shape index (κ1) is 29.5. The monoisotopic (exact) mass is 521 g/mol. The molecule has 1 aliphatic rings. The number of phenolic OH excluding ortho intramolecular Hbond substituents is 1. The predicted octanol–water partition coefficient (Wildman–Crippen LogP) is -1.09. The average Bonchev–Trinajstić information content (AvgIpc) is 3.33. The molecule has 1 aliphatic heterocycles. The second-order valence-electron chi connectivity index (χ2n) is 9.01. The van der Waals surface area contributed by atoms with E-state index in [9.17, 15) is 34.2 Å². The molecule has 3 amide bonds. The minimum Gasteiger partial charge on any atom is -0.508 e. The van der Waals surface area contributed by atoms with Crippen LogP contribution in [0.1, 0.15) is 44.1 Å². The third-order valence-electron chi connectivity index (χ3n) is 6.13. The smallest absolute Gasteiger partial charge is 0.326 e. The molecule has 13 heteroatoms. The Hall–Kier alpha value is -3.71. The number of aliphatic carboxylic acids is 2. The Bertz CT molecular complexity index is 970. The summed E-state index contributed by atoms with van der Waals surface area (Å²) in [7, 11) is 0. The highest BCUT2D eigenvalue weighted by Crippen LogP contribution is 2.20. The molecule has 13 nitrogen and oxygen atoms in total. The van der Waals surface area contributed by atoms with Crippen LogP contribution in [0.2, 0.25) is 0 Å². The summed E-state index contributed by atoms with van der Waals surface area (Å²) in [6.07, 6.45) is 1.81. The molecule has 9 N–H and O–H groups in total. The van der Waals surface area contributed by atoms with Crippen LogP contribution >= 0.6 is 0 Å². The molecule has 0 spiro atoms. The zero-order valence-electron chi connectivity index (χ0n) is 20.5. The van der Waals surface area contributed by atoms with Crippen LogP contribution in [0.15, 0.2) is 24.3 Å². The number of nitrogens with zero attached hydrogens (tertiary/aromatic N) is 1. The second-order valence-corrected chi connectivity index (χ2v) is 9.01. The van der Waals surface area contributed by atoms with Crippen LogP contribution in [-0.4, -0.2) is 87.1 Å². The van der Waals surface area contributed by atoms with E-state index in [1.54, 1.807) is 0 Å². The standard InChI is InChI=1S/C24H35N5O8/c25-10-2-1-4-16(26)23(35)29-11-3-5-19(29)22(34)27-17(12-14-6-8-15(30)9-7-14)21(33)28-18(24(36)37)13-20(31)32/h6-9,16-19,30H,1-5,10-13,25-26H2,(H,27,34)(H,28,33)(H,31,32)(H,36,37). The molecule has 0 aliphatic carbocycles. The van der Waals surface area contributed by atoms with E-state index in [0.717, 1.165) is 6.42 Å². The number of hydrogen-bond donors (Lipinski definition) is 7. The number of amides is 3. The number of phenols is 1. The largest absolute Gasteiger partial charge is 0.508 e. The quantitative estimate of drug-likeness (QED) is 0.146. The maximum absolute atomic E-state index is 13.2. The predicted molar refractivity (Wildman–Crippen MR) is 131 cm³/mol. The Labute approximate surface area is 214 Å². The number of carboxylic acids is 2. The molecule has 2 rings (SSSR count). The minimum absolute atomic E-state index is 0.0101. The van der Waals surface area contributed by atoms with Crippen LogP contribution in [0.4, 0.5) is 0 Å². The number of hydrogen-bond acceptors (Lipinski definition) is 8. The van der Waals surface area contributed by atoms with Gasteiger partial charge in [-0.15, -0.1) is 0 Å². The summed E-state index contributed by atoms with van der Waals surface area (Å²) in [5, 5.41) is 32.5. The van der Waals surface area contributed by atoms with Crippen molar-refractivity contribution in [2.75, 3.05) is 13.1 Å². The van der Waals surface area contributed by atoms with Gasteiger partial charge in [-0.25, -0.2) is 4.79 Å². The van der Waals surface area contributed by atoms with Gasteiger partial charge in [-0.3, -0.25) is 19.2 Å². The van der Waals surface area contributed by atoms with Crippen molar-refractivity contribution in [1.29, 1.82) is 0 Å². The number of nitrogens with two attached hydrogens (primary N) is 2. The highest BCUT2D eigenvalue weighted by atomic mass is 16.4. The topological polar surface area (TPSA) is 225 Å². The van der Waals surface area contributed by atoms with Gasteiger partial charge in [-0.2, -0.15) is 0 Å². The lowest BCUT2D eigenvalue weighted by Gasteiger charge is -2.28. The van der Waals surface area contributed by atoms with Gasteiger partial charge in [-0.05, 0) is 49.9 Å². The molecule has 1 saturated heterocycles. The first-order valence-electron chi connectivity index (χ1n) is 12.1. The van der Waals surface area contributed by atoms with Crippen molar-refractivity contribution < 1.29 is 39.3 Å². The van der Waals surface area contributed by atoms with E-state index in [2.05, 4.69) is 10.6 Å². The fraction of sp³-hybridized carbons (Fsp3) is 0.542. The van der Waals surface area contributed by atoms with Crippen molar-refractivity contribution in [1.82, 2.24) is 15.5 Å². The van der Waals surface area contributed by atoms with Crippen LogP contribution in [0.25, 0.3) is 0 Å². The highest BCUT2D eigenvalue weighted by Gasteiger charge is 2.38. The molecule has 1 heterocycles. The Balaban J connectivity index is 2.18. The summed E-state index contributed by atoms with van der Waals surface area (Å²) in [5.74, 6) is -4.85. The van der Waals surface area contributed by atoms with Gasteiger partial charge in [-0.1, -0.05) is 18.6 Å². The summed E-state index contributed by atoms with van der Waals surface area (Å²) < 4.78 is 0. The molecule has 4 atom stereocenters. The number of nitrogens with one attached hydrogen (secondary N) is 2. The number of unbranched alkanes of at least 4 members (excludes halogenated alkanes) is 1. The molecule has 37 heavy (non-hydrogen) atoms. The normalized spacial score (nSPS) is 17.5. The lowest BCUT2D eigenvalue weighted by atomic mass is 10.0. The van der Waals surface area contributed by atoms with Crippen LogP contribution < -0.4 is 22.1 Å². The number of carboxylic acid groups (broad SMARTS) is 2. The fourth-order valence-corrected chi connectivity index (χ4v) is 4.14. The first-order chi connectivity index (χ1) is 17.5. The van der Waals surface area contributed by atoms with E-state index in [4.69, 9.17) is 16.6 Å². The number of benzene rings is 1. The van der Waals surface area contributed by atoms with Gasteiger partial charge in [0.25, 0.3) is 0 Å². The number of aromatic hydroxyl groups is 1. The summed E-state index contributed by atoms with van der Waals surface area (Å²) in [5.41, 5.74) is 12.1. The molecule has 0 aromatic heterocycles. The fourth-order valence-electron chi connectivity index (χ4n) is 4.14. The van der Waals surface area contributed by atoms with E-state index in [1.165, 1.54) is 29.2 Å². The summed E-state index contributed by atoms with van der Waals surface area (Å²) in [4.78, 5) is 62.9. The van der Waals surface area contributed by atoms with Crippen molar-refractivity contribution in [3.8, 4) is 5.75 Å². The lowest BCUT2D eigenvalue weighted by Crippen LogP contribution is -2.57. The number of carbonyl (C=O) groups is 5. The zero-order chi connectivity index (χ0) is 27.5. The van der Waals surface area contributed by atoms with Crippen molar-refractivity contribution >= 4 is 29.7 Å². The van der Waals surface area contributed by atoms with Gasteiger partial charge in [0.1, 0.15) is 23.9 Å². The molecule has 204 valence electrons. The van der Waals surface area contributed by atoms with Gasteiger partial charge in [0.05, 0.1) is 12.5 Å². The second kappa shape index (κ2) is 14.1. The summed E-state index contributed by atoms with van der Waals surface area (Å²) >= 11 is 0. The van der Waals surface area contributed by atoms with Crippen LogP contribution in [0, 0.1) is 0 Å². The molecule has 4 unspecified atom stereocenters. The van der Waals surface area contributed by atoms with E-state index >= 15 is 0 Å². The van der Waals surface area contributed by atoms with Crippen LogP contribution in [-0.2, 0) is 30.4 Å². The lowest BCUT2D eigenvalue weighted by molar-refractivity contribution is -0.147. The van der Waals surface area contributed by atoms with Gasteiger partial charge < -0.3 is 42.3 Å². The summed E-state index contributed by atoms with van der Waals surface area (Å²) in [6.45, 7) is 0.811. The number of likely N-dealkylation sites (tertiary alicyclic amines) is 1. The van der Waals surface area contributed by atoms with Crippen molar-refractivity contribution in [2.24, 2.45) is 11.5 Å². The Kier molecular flexibility index (Phi) is 11.3. The third-order valence-corrected chi connectivity index (χ3v) is 6.13. The molecule has 0 bridgehead atoms. The van der Waals surface area contributed by atoms with Gasteiger partial charge >= 0.3 is 11.9 Å². The highest BCUT2D eigenvalue weighted by molar-refractivity contribution is 5.95. The third kappa shape index (κ3) is 9.03. The minimum atomic E-state index is -1.71. The molecule has 1 aromatic carbocycles. The van der Waals surface area contributed by atoms with E-state index in [1.807, 2.05) is 0 Å². The van der Waals surface area contributed by atoms with Crippen LogP contribution in [0.3, 0.4) is 0 Å². The van der Waals surface area contributed by atoms with Crippen molar-refractivity contribution in [3.05, 3.63) is 29.8 Å². The number of carbonyl (C=O) groups excluding carboxylic acids is 3.